The van der Waals surface area contributed by atoms with Crippen molar-refractivity contribution in [2.45, 2.75) is 5.92 Å². The molecule has 2 N–H and O–H groups in total. The molecule has 0 bridgehead atoms. The molecule has 0 saturated carbocycles. The number of nitrogens with one attached hydrogen (secondary N) is 1. The lowest BCUT2D eigenvalue weighted by molar-refractivity contribution is 0.277. The Labute approximate surface area is 82.4 Å². The standard InChI is InChI=1S/C11H12N2O/c14-8-10(11-12-6-7-13-11)9-4-2-1-3-5-9/h1-7,10,14H,8H2,(H,12,13)/t10-/m1/s1. The van der Waals surface area contributed by atoms with Gasteiger partial charge >= 0.3 is 0 Å². The Morgan fingerprint density at radius 2 is 2.07 bits per heavy atom. The van der Waals surface area contributed by atoms with E-state index in [9.17, 15) is 5.11 Å². The van der Waals surface area contributed by atoms with Gasteiger partial charge in [0.05, 0.1) is 12.5 Å². The average Bonchev–Trinajstić information content (AvgIpc) is 2.74. The number of hydrogen-bond acceptors (Lipinski definition) is 2. The van der Waals surface area contributed by atoms with Crippen LogP contribution in [0.25, 0.3) is 0 Å². The highest BCUT2D eigenvalue weighted by molar-refractivity contribution is 5.25. The minimum Gasteiger partial charge on any atom is -0.395 e. The minimum absolute atomic E-state index is 0.0498. The van der Waals surface area contributed by atoms with Crippen molar-refractivity contribution in [2.24, 2.45) is 0 Å². The zero-order valence-electron chi connectivity index (χ0n) is 7.72. The second-order valence-corrected chi connectivity index (χ2v) is 3.12. The van der Waals surface area contributed by atoms with Crippen LogP contribution in [0.4, 0.5) is 0 Å². The molecule has 1 aromatic carbocycles. The summed E-state index contributed by atoms with van der Waals surface area (Å²) in [6.07, 6.45) is 3.46. The summed E-state index contributed by atoms with van der Waals surface area (Å²) >= 11 is 0. The summed E-state index contributed by atoms with van der Waals surface area (Å²) in [6, 6.07) is 9.86. The van der Waals surface area contributed by atoms with Crippen molar-refractivity contribution in [3.05, 3.63) is 54.1 Å². The number of aliphatic hydroxyl groups is 1. The quantitative estimate of drug-likeness (QED) is 0.767. The normalized spacial score (nSPS) is 12.6. The molecule has 1 heterocycles. The number of aromatic nitrogens is 2. The Morgan fingerprint density at radius 1 is 1.29 bits per heavy atom. The van der Waals surface area contributed by atoms with E-state index in [4.69, 9.17) is 0 Å². The second-order valence-electron chi connectivity index (χ2n) is 3.12. The van der Waals surface area contributed by atoms with Crippen LogP contribution in [0.15, 0.2) is 42.7 Å². The van der Waals surface area contributed by atoms with Crippen LogP contribution in [-0.2, 0) is 0 Å². The number of benzene rings is 1. The fourth-order valence-electron chi connectivity index (χ4n) is 1.50. The molecule has 2 aromatic rings. The topological polar surface area (TPSA) is 48.9 Å². The van der Waals surface area contributed by atoms with E-state index in [1.807, 2.05) is 30.3 Å². The zero-order chi connectivity index (χ0) is 9.80. The number of rotatable bonds is 3. The van der Waals surface area contributed by atoms with Crippen LogP contribution in [-0.4, -0.2) is 21.7 Å². The van der Waals surface area contributed by atoms with Crippen LogP contribution < -0.4 is 0 Å². The van der Waals surface area contributed by atoms with Crippen LogP contribution in [0.5, 0.6) is 0 Å². The number of imidazole rings is 1. The summed E-state index contributed by atoms with van der Waals surface area (Å²) in [6.45, 7) is 0.0670. The van der Waals surface area contributed by atoms with Gasteiger partial charge in [-0.15, -0.1) is 0 Å². The van der Waals surface area contributed by atoms with Gasteiger partial charge in [-0.3, -0.25) is 0 Å². The first-order valence-corrected chi connectivity index (χ1v) is 4.57. The van der Waals surface area contributed by atoms with E-state index in [1.54, 1.807) is 12.4 Å². The maximum atomic E-state index is 9.29. The molecule has 1 atom stereocenters. The number of hydrogen-bond donors (Lipinski definition) is 2. The van der Waals surface area contributed by atoms with Gasteiger partial charge in [-0.05, 0) is 5.56 Å². The van der Waals surface area contributed by atoms with Crippen LogP contribution in [0.2, 0.25) is 0 Å². The predicted molar refractivity (Wildman–Crippen MR) is 54.0 cm³/mol. The molecule has 0 radical (unpaired) electrons. The Balaban J connectivity index is 2.31. The fraction of sp³-hybridized carbons (Fsp3) is 0.182. The van der Waals surface area contributed by atoms with Crippen LogP contribution in [0, 0.1) is 0 Å². The van der Waals surface area contributed by atoms with Crippen LogP contribution in [0.3, 0.4) is 0 Å². The fourth-order valence-corrected chi connectivity index (χ4v) is 1.50. The average molecular weight is 188 g/mol. The molecule has 0 spiro atoms. The van der Waals surface area contributed by atoms with Crippen LogP contribution >= 0.6 is 0 Å². The third kappa shape index (κ3) is 1.67. The van der Waals surface area contributed by atoms with Gasteiger partial charge in [0, 0.05) is 12.4 Å². The van der Waals surface area contributed by atoms with E-state index >= 15 is 0 Å². The Hall–Kier alpha value is -1.61. The Kier molecular flexibility index (Phi) is 2.60. The summed E-state index contributed by atoms with van der Waals surface area (Å²) in [4.78, 5) is 7.16. The first kappa shape index (κ1) is 8.97. The maximum Gasteiger partial charge on any atom is 0.115 e. The minimum atomic E-state index is -0.0498. The molecular weight excluding hydrogens is 176 g/mol. The van der Waals surface area contributed by atoms with Crippen LogP contribution in [0.1, 0.15) is 17.3 Å². The summed E-state index contributed by atoms with van der Waals surface area (Å²) in [5.74, 6) is 0.755. The highest BCUT2D eigenvalue weighted by Gasteiger charge is 2.14. The molecule has 72 valence electrons. The summed E-state index contributed by atoms with van der Waals surface area (Å²) in [7, 11) is 0. The van der Waals surface area contributed by atoms with E-state index in [-0.39, 0.29) is 12.5 Å². The van der Waals surface area contributed by atoms with E-state index in [0.29, 0.717) is 0 Å². The van der Waals surface area contributed by atoms with E-state index in [2.05, 4.69) is 9.97 Å². The van der Waals surface area contributed by atoms with Gasteiger partial charge in [0.25, 0.3) is 0 Å². The smallest absolute Gasteiger partial charge is 0.115 e. The van der Waals surface area contributed by atoms with E-state index < -0.39 is 0 Å². The molecule has 0 unspecified atom stereocenters. The largest absolute Gasteiger partial charge is 0.395 e. The molecule has 3 nitrogen and oxygen atoms in total. The molecule has 0 aliphatic heterocycles. The number of nitrogens with zero attached hydrogens (tertiary/aromatic N) is 1. The second kappa shape index (κ2) is 4.07. The summed E-state index contributed by atoms with van der Waals surface area (Å²) in [5, 5.41) is 9.29. The van der Waals surface area contributed by atoms with E-state index in [0.717, 1.165) is 11.4 Å². The van der Waals surface area contributed by atoms with Gasteiger partial charge < -0.3 is 10.1 Å². The maximum absolute atomic E-state index is 9.29. The molecule has 3 heteroatoms. The van der Waals surface area contributed by atoms with Gasteiger partial charge in [-0.1, -0.05) is 30.3 Å². The number of aromatic amines is 1. The van der Waals surface area contributed by atoms with Crippen molar-refractivity contribution in [3.8, 4) is 0 Å². The molecular formula is C11H12N2O. The van der Waals surface area contributed by atoms with Crippen molar-refractivity contribution in [1.82, 2.24) is 9.97 Å². The molecule has 0 aliphatic carbocycles. The SMILES string of the molecule is OC[C@H](c1ccccc1)c1ncc[nH]1. The van der Waals surface area contributed by atoms with Gasteiger partial charge in [0.1, 0.15) is 5.82 Å². The van der Waals surface area contributed by atoms with Crippen molar-refractivity contribution >= 4 is 0 Å². The van der Waals surface area contributed by atoms with Gasteiger partial charge in [-0.2, -0.15) is 0 Å². The molecule has 2 rings (SSSR count). The monoisotopic (exact) mass is 188 g/mol. The summed E-state index contributed by atoms with van der Waals surface area (Å²) in [5.41, 5.74) is 1.07. The Bertz CT molecular complexity index is 369. The molecule has 1 aromatic heterocycles. The number of H-pyrrole nitrogens is 1. The first-order valence-electron chi connectivity index (χ1n) is 4.57. The van der Waals surface area contributed by atoms with Crippen molar-refractivity contribution in [2.75, 3.05) is 6.61 Å². The molecule has 0 aliphatic rings. The molecule has 0 saturated heterocycles. The third-order valence-corrected chi connectivity index (χ3v) is 2.23. The first-order chi connectivity index (χ1) is 6.92. The lowest BCUT2D eigenvalue weighted by atomic mass is 10.00. The highest BCUT2D eigenvalue weighted by atomic mass is 16.3. The third-order valence-electron chi connectivity index (χ3n) is 2.23. The van der Waals surface area contributed by atoms with Gasteiger partial charge in [-0.25, -0.2) is 4.98 Å². The molecule has 0 amide bonds. The zero-order valence-corrected chi connectivity index (χ0v) is 7.72. The van der Waals surface area contributed by atoms with E-state index in [1.165, 1.54) is 0 Å². The van der Waals surface area contributed by atoms with Gasteiger partial charge in [0.2, 0.25) is 0 Å². The lowest BCUT2D eigenvalue weighted by Crippen LogP contribution is -2.07. The van der Waals surface area contributed by atoms with Crippen molar-refractivity contribution < 1.29 is 5.11 Å². The molecule has 14 heavy (non-hydrogen) atoms. The Morgan fingerprint density at radius 3 is 2.64 bits per heavy atom. The lowest BCUT2D eigenvalue weighted by Gasteiger charge is -2.11. The predicted octanol–water partition coefficient (Wildman–Crippen LogP) is 1.53. The number of aliphatic hydroxyl groups excluding tert-OH is 1. The van der Waals surface area contributed by atoms with Crippen molar-refractivity contribution in [1.29, 1.82) is 0 Å². The summed E-state index contributed by atoms with van der Waals surface area (Å²) < 4.78 is 0. The highest BCUT2D eigenvalue weighted by Crippen LogP contribution is 2.20. The molecule has 0 fully saturated rings. The van der Waals surface area contributed by atoms with Crippen molar-refractivity contribution in [3.63, 3.8) is 0 Å². The van der Waals surface area contributed by atoms with Gasteiger partial charge in [0.15, 0.2) is 0 Å².